The zero-order chi connectivity index (χ0) is 34.4. The first-order valence-corrected chi connectivity index (χ1v) is 16.4. The van der Waals surface area contributed by atoms with Crippen LogP contribution in [0.5, 0.6) is 5.75 Å². The number of amidine groups is 1. The number of ketones is 2. The second-order valence-corrected chi connectivity index (χ2v) is 12.6. The van der Waals surface area contributed by atoms with Crippen LogP contribution in [0.3, 0.4) is 0 Å². The number of aryl methyl sites for hydroxylation is 1. The van der Waals surface area contributed by atoms with Gasteiger partial charge in [-0.2, -0.15) is 5.10 Å². The van der Waals surface area contributed by atoms with E-state index in [0.717, 1.165) is 24.0 Å². The van der Waals surface area contributed by atoms with E-state index in [1.807, 2.05) is 19.9 Å². The van der Waals surface area contributed by atoms with Gasteiger partial charge in [-0.3, -0.25) is 14.4 Å². The maximum Gasteiger partial charge on any atom is 0.252 e. The number of nitrogens with two attached hydrogens (primary N) is 1. The molecule has 4 unspecified atom stereocenters. The van der Waals surface area contributed by atoms with Crippen molar-refractivity contribution >= 4 is 29.0 Å². The highest BCUT2D eigenvalue weighted by Crippen LogP contribution is 2.41. The molecule has 252 valence electrons. The standard InChI is InChI=1S/C37H43FN6O4/c1-4-8-31(38)36(39)41-16-15-40-21-26-19-33(44(43-26)32-9-6-5-7-10-34(32)46)35(47)28-14-13-25(28)18-29-22(2)17-27(45)20-30(29)37(48)42-23(3)24-11-12-24/h4,7,9-11,15-17,19-20,23,25,28,31,40,45H,1,5-6,8,12-14,18,21H2,2-3H3,(H2,39,41)(H,42,48)/b16-15+. The number of aromatic nitrogens is 2. The van der Waals surface area contributed by atoms with E-state index >= 15 is 0 Å². The number of hydrogen-bond acceptors (Lipinski definition) is 7. The monoisotopic (exact) mass is 654 g/mol. The van der Waals surface area contributed by atoms with Gasteiger partial charge in [0, 0.05) is 36.3 Å². The number of benzene rings is 1. The molecule has 0 spiro atoms. The van der Waals surface area contributed by atoms with Gasteiger partial charge in [0.2, 0.25) is 5.78 Å². The van der Waals surface area contributed by atoms with Crippen LogP contribution in [0.15, 0.2) is 78.1 Å². The molecular weight excluding hydrogens is 611 g/mol. The van der Waals surface area contributed by atoms with Crippen LogP contribution in [0.25, 0.3) is 5.70 Å². The lowest BCUT2D eigenvalue weighted by Gasteiger charge is -2.36. The molecule has 0 bridgehead atoms. The second kappa shape index (κ2) is 15.2. The molecule has 1 saturated carbocycles. The highest BCUT2D eigenvalue weighted by molar-refractivity contribution is 6.22. The molecule has 2 aromatic rings. The summed E-state index contributed by atoms with van der Waals surface area (Å²) in [6, 6.07) is 4.75. The van der Waals surface area contributed by atoms with Crippen molar-refractivity contribution in [2.24, 2.45) is 22.6 Å². The van der Waals surface area contributed by atoms with E-state index in [9.17, 15) is 23.9 Å². The summed E-state index contributed by atoms with van der Waals surface area (Å²) in [5.41, 5.74) is 10.0. The fourth-order valence-electron chi connectivity index (χ4n) is 6.11. The Morgan fingerprint density at radius 1 is 1.25 bits per heavy atom. The SMILES string of the molecule is C=CCC(F)C(N)=N/C=C/NCc1cc(C(=O)C2CCC2Cc2c(C)cc(O)cc2C(=O)NC(C)C2=CC2)n(C2=CCCC=CC2=O)n1. The lowest BCUT2D eigenvalue weighted by molar-refractivity contribution is -0.110. The van der Waals surface area contributed by atoms with Crippen molar-refractivity contribution in [3.05, 3.63) is 101 Å². The van der Waals surface area contributed by atoms with Crippen LogP contribution in [0, 0.1) is 18.8 Å². The highest BCUT2D eigenvalue weighted by atomic mass is 19.1. The van der Waals surface area contributed by atoms with Crippen molar-refractivity contribution in [1.82, 2.24) is 20.4 Å². The number of aliphatic imine (C=N–C) groups is 1. The molecule has 0 saturated heterocycles. The molecule has 4 atom stereocenters. The predicted molar refractivity (Wildman–Crippen MR) is 184 cm³/mol. The third kappa shape index (κ3) is 8.07. The predicted octanol–water partition coefficient (Wildman–Crippen LogP) is 5.39. The Morgan fingerprint density at radius 2 is 2.04 bits per heavy atom. The largest absolute Gasteiger partial charge is 0.508 e. The van der Waals surface area contributed by atoms with Crippen LogP contribution >= 0.6 is 0 Å². The molecule has 1 fully saturated rings. The first-order valence-electron chi connectivity index (χ1n) is 16.4. The third-order valence-electron chi connectivity index (χ3n) is 9.09. The molecule has 1 aromatic carbocycles. The van der Waals surface area contributed by atoms with Gasteiger partial charge in [0.25, 0.3) is 5.91 Å². The summed E-state index contributed by atoms with van der Waals surface area (Å²) >= 11 is 0. The average Bonchev–Trinajstić information content (AvgIpc) is 3.84. The van der Waals surface area contributed by atoms with Crippen LogP contribution in [-0.4, -0.2) is 50.4 Å². The number of phenols is 1. The molecule has 0 aliphatic heterocycles. The number of allylic oxidation sites excluding steroid dienone is 6. The van der Waals surface area contributed by atoms with Gasteiger partial charge in [-0.05, 0) is 99.3 Å². The molecular formula is C37H43FN6O4. The maximum absolute atomic E-state index is 14.2. The van der Waals surface area contributed by atoms with Crippen LogP contribution in [0.4, 0.5) is 4.39 Å². The van der Waals surface area contributed by atoms with E-state index in [1.165, 1.54) is 40.9 Å². The summed E-state index contributed by atoms with van der Waals surface area (Å²) in [6.07, 6.45) is 14.3. The normalized spacial score (nSPS) is 20.3. The third-order valence-corrected chi connectivity index (χ3v) is 9.09. The minimum atomic E-state index is -1.42. The van der Waals surface area contributed by atoms with Crippen molar-refractivity contribution in [1.29, 1.82) is 0 Å². The number of rotatable bonds is 15. The average molecular weight is 655 g/mol. The van der Waals surface area contributed by atoms with E-state index < -0.39 is 6.17 Å². The van der Waals surface area contributed by atoms with E-state index in [2.05, 4.69) is 33.4 Å². The number of carbonyl (C=O) groups excluding carboxylic acids is 3. The van der Waals surface area contributed by atoms with Gasteiger partial charge in [-0.1, -0.05) is 24.3 Å². The Morgan fingerprint density at radius 3 is 2.75 bits per heavy atom. The molecule has 5 N–H and O–H groups in total. The summed E-state index contributed by atoms with van der Waals surface area (Å²) in [5, 5.41) is 21.1. The number of carbonyl (C=O) groups is 3. The topological polar surface area (TPSA) is 152 Å². The molecule has 1 heterocycles. The quantitative estimate of drug-likeness (QED) is 0.0870. The molecule has 0 radical (unpaired) electrons. The fourth-order valence-corrected chi connectivity index (χ4v) is 6.11. The fraction of sp³-hybridized carbons (Fsp3) is 0.378. The molecule has 48 heavy (non-hydrogen) atoms. The summed E-state index contributed by atoms with van der Waals surface area (Å²) < 4.78 is 15.3. The van der Waals surface area contributed by atoms with E-state index in [-0.39, 0.29) is 59.9 Å². The van der Waals surface area contributed by atoms with E-state index in [0.29, 0.717) is 48.3 Å². The van der Waals surface area contributed by atoms with Crippen LogP contribution in [0.2, 0.25) is 0 Å². The van der Waals surface area contributed by atoms with Crippen molar-refractivity contribution in [2.75, 3.05) is 0 Å². The number of nitrogens with zero attached hydrogens (tertiary/aromatic N) is 3. The van der Waals surface area contributed by atoms with Crippen LogP contribution in [0.1, 0.15) is 83.1 Å². The minimum Gasteiger partial charge on any atom is -0.508 e. The van der Waals surface area contributed by atoms with Crippen molar-refractivity contribution in [2.45, 2.75) is 77.6 Å². The van der Waals surface area contributed by atoms with Crippen molar-refractivity contribution in [3.8, 4) is 5.75 Å². The summed E-state index contributed by atoms with van der Waals surface area (Å²) in [4.78, 5) is 44.5. The minimum absolute atomic E-state index is 0.0192. The summed E-state index contributed by atoms with van der Waals surface area (Å²) in [5.74, 6) is -1.11. The van der Waals surface area contributed by atoms with Gasteiger partial charge >= 0.3 is 0 Å². The molecule has 1 aromatic heterocycles. The summed E-state index contributed by atoms with van der Waals surface area (Å²) in [6.45, 7) is 7.52. The zero-order valence-electron chi connectivity index (χ0n) is 27.4. The van der Waals surface area contributed by atoms with Gasteiger partial charge in [-0.25, -0.2) is 14.1 Å². The number of hydrogen-bond donors (Lipinski definition) is 4. The van der Waals surface area contributed by atoms with Gasteiger partial charge in [0.05, 0.1) is 12.2 Å². The number of amides is 1. The first kappa shape index (κ1) is 34.3. The molecule has 5 rings (SSSR count). The zero-order valence-corrected chi connectivity index (χ0v) is 27.4. The van der Waals surface area contributed by atoms with Gasteiger partial charge in [0.1, 0.15) is 23.0 Å². The molecule has 3 aliphatic carbocycles. The van der Waals surface area contributed by atoms with Gasteiger partial charge in [0.15, 0.2) is 12.0 Å². The van der Waals surface area contributed by atoms with Gasteiger partial charge in [-0.15, -0.1) is 6.58 Å². The Bertz CT molecular complexity index is 1750. The first-order chi connectivity index (χ1) is 23.1. The Hall–Kier alpha value is -5.06. The number of Topliss-reactive ketones (excluding diaryl/α,β-unsaturated/α-hetero) is 1. The van der Waals surface area contributed by atoms with Crippen molar-refractivity contribution < 1.29 is 23.9 Å². The highest BCUT2D eigenvalue weighted by Gasteiger charge is 2.40. The number of phenolic OH excluding ortho intramolecular Hbond substituents is 1. The summed E-state index contributed by atoms with van der Waals surface area (Å²) in [7, 11) is 0. The second-order valence-electron chi connectivity index (χ2n) is 12.6. The van der Waals surface area contributed by atoms with E-state index in [4.69, 9.17) is 5.73 Å². The number of aromatic hydroxyl groups is 1. The van der Waals surface area contributed by atoms with Crippen molar-refractivity contribution in [3.63, 3.8) is 0 Å². The maximum atomic E-state index is 14.2. The van der Waals surface area contributed by atoms with Gasteiger partial charge < -0.3 is 21.5 Å². The number of alkyl halides is 1. The van der Waals surface area contributed by atoms with Crippen LogP contribution in [-0.2, 0) is 17.8 Å². The lowest BCUT2D eigenvalue weighted by Crippen LogP contribution is -2.37. The number of nitrogens with one attached hydrogen (secondary N) is 2. The molecule has 10 nitrogen and oxygen atoms in total. The lowest BCUT2D eigenvalue weighted by atomic mass is 9.67. The van der Waals surface area contributed by atoms with E-state index in [1.54, 1.807) is 18.2 Å². The Labute approximate surface area is 280 Å². The molecule has 1 amide bonds. The molecule has 11 heteroatoms. The smallest absolute Gasteiger partial charge is 0.252 e. The Balaban J connectivity index is 1.36. The van der Waals surface area contributed by atoms with Crippen LogP contribution < -0.4 is 16.4 Å². The Kier molecular flexibility index (Phi) is 10.9. The molecule has 3 aliphatic rings. The number of halogens is 1.